The van der Waals surface area contributed by atoms with Gasteiger partial charge in [-0.25, -0.2) is 4.79 Å². The second kappa shape index (κ2) is 9.28. The van der Waals surface area contributed by atoms with E-state index in [0.717, 1.165) is 24.3 Å². The largest absolute Gasteiger partial charge is 0.481 e. The molecule has 8 heteroatoms. The summed E-state index contributed by atoms with van der Waals surface area (Å²) in [4.78, 5) is 21.9. The Labute approximate surface area is 128 Å². The lowest BCUT2D eigenvalue weighted by Gasteiger charge is -2.04. The summed E-state index contributed by atoms with van der Waals surface area (Å²) in [6, 6.07) is -0.305. The molecule has 2 amide bonds. The highest BCUT2D eigenvalue weighted by Gasteiger charge is 2.08. The van der Waals surface area contributed by atoms with Crippen LogP contribution in [0.1, 0.15) is 44.5 Å². The normalized spacial score (nSPS) is 10.6. The SMILES string of the molecule is CC(C)Cc1nnc(NC(=O)NCCCCCC(=O)O)s1. The molecule has 3 N–H and O–H groups in total. The Bertz CT molecular complexity index is 462. The van der Waals surface area contributed by atoms with Gasteiger partial charge in [0.15, 0.2) is 0 Å². The summed E-state index contributed by atoms with van der Waals surface area (Å²) in [5.41, 5.74) is 0. The van der Waals surface area contributed by atoms with Gasteiger partial charge in [0, 0.05) is 19.4 Å². The highest BCUT2D eigenvalue weighted by atomic mass is 32.1. The number of carboxylic acids is 1. The number of amides is 2. The van der Waals surface area contributed by atoms with Gasteiger partial charge in [-0.1, -0.05) is 31.6 Å². The van der Waals surface area contributed by atoms with Gasteiger partial charge in [0.1, 0.15) is 5.01 Å². The van der Waals surface area contributed by atoms with E-state index in [2.05, 4.69) is 34.7 Å². The molecule has 21 heavy (non-hydrogen) atoms. The van der Waals surface area contributed by atoms with Crippen molar-refractivity contribution in [3.05, 3.63) is 5.01 Å². The molecule has 0 aliphatic heterocycles. The Morgan fingerprint density at radius 2 is 2.00 bits per heavy atom. The average molecular weight is 314 g/mol. The lowest BCUT2D eigenvalue weighted by molar-refractivity contribution is -0.137. The van der Waals surface area contributed by atoms with Crippen molar-refractivity contribution in [1.82, 2.24) is 15.5 Å². The summed E-state index contributed by atoms with van der Waals surface area (Å²) in [5, 5.41) is 23.2. The molecule has 0 aromatic carbocycles. The van der Waals surface area contributed by atoms with Gasteiger partial charge in [-0.2, -0.15) is 0 Å². The van der Waals surface area contributed by atoms with Gasteiger partial charge in [-0.3, -0.25) is 10.1 Å². The zero-order valence-corrected chi connectivity index (χ0v) is 13.2. The standard InChI is InChI=1S/C13H22N4O3S/c1-9(2)8-10-16-17-13(21-10)15-12(20)14-7-5-3-4-6-11(18)19/h9H,3-8H2,1-2H3,(H,18,19)(H2,14,15,17,20). The number of carbonyl (C=O) groups excluding carboxylic acids is 1. The minimum Gasteiger partial charge on any atom is -0.481 e. The van der Waals surface area contributed by atoms with Gasteiger partial charge in [-0.05, 0) is 18.8 Å². The molecule has 0 atom stereocenters. The number of aromatic nitrogens is 2. The van der Waals surface area contributed by atoms with Gasteiger partial charge in [0.25, 0.3) is 0 Å². The highest BCUT2D eigenvalue weighted by molar-refractivity contribution is 7.15. The van der Waals surface area contributed by atoms with E-state index in [4.69, 9.17) is 5.11 Å². The van der Waals surface area contributed by atoms with Crippen LogP contribution in [-0.4, -0.2) is 33.8 Å². The minimum absolute atomic E-state index is 0.176. The molecule has 7 nitrogen and oxygen atoms in total. The summed E-state index contributed by atoms with van der Waals surface area (Å²) >= 11 is 1.38. The number of rotatable bonds is 9. The zero-order chi connectivity index (χ0) is 15.7. The van der Waals surface area contributed by atoms with E-state index < -0.39 is 5.97 Å². The third kappa shape index (κ3) is 8.23. The van der Waals surface area contributed by atoms with E-state index >= 15 is 0 Å². The number of hydrogen-bond donors (Lipinski definition) is 3. The molecular weight excluding hydrogens is 292 g/mol. The molecule has 0 radical (unpaired) electrons. The van der Waals surface area contributed by atoms with Crippen LogP contribution in [0.4, 0.5) is 9.93 Å². The first-order valence-electron chi connectivity index (χ1n) is 7.06. The Kier molecular flexibility index (Phi) is 7.66. The molecule has 0 fully saturated rings. The number of nitrogens with zero attached hydrogens (tertiary/aromatic N) is 2. The van der Waals surface area contributed by atoms with E-state index in [1.807, 2.05) is 0 Å². The Hall–Kier alpha value is -1.70. The van der Waals surface area contributed by atoms with Crippen LogP contribution in [0.3, 0.4) is 0 Å². The first-order valence-corrected chi connectivity index (χ1v) is 7.88. The van der Waals surface area contributed by atoms with E-state index in [9.17, 15) is 9.59 Å². The van der Waals surface area contributed by atoms with Crippen molar-refractivity contribution in [2.45, 2.75) is 46.0 Å². The van der Waals surface area contributed by atoms with E-state index in [0.29, 0.717) is 24.0 Å². The molecule has 0 unspecified atom stereocenters. The van der Waals surface area contributed by atoms with Crippen LogP contribution < -0.4 is 10.6 Å². The number of nitrogens with one attached hydrogen (secondary N) is 2. The summed E-state index contributed by atoms with van der Waals surface area (Å²) in [7, 11) is 0. The molecule has 0 spiro atoms. The maximum Gasteiger partial charge on any atom is 0.321 e. The molecule has 0 saturated carbocycles. The van der Waals surface area contributed by atoms with Crippen LogP contribution in [-0.2, 0) is 11.2 Å². The van der Waals surface area contributed by atoms with Crippen molar-refractivity contribution in [3.63, 3.8) is 0 Å². The summed E-state index contributed by atoms with van der Waals surface area (Å²) in [6.45, 7) is 4.72. The average Bonchev–Trinajstić information content (AvgIpc) is 2.79. The molecule has 0 saturated heterocycles. The van der Waals surface area contributed by atoms with Crippen molar-refractivity contribution >= 4 is 28.5 Å². The van der Waals surface area contributed by atoms with E-state index in [1.54, 1.807) is 0 Å². The van der Waals surface area contributed by atoms with E-state index in [-0.39, 0.29) is 12.5 Å². The lowest BCUT2D eigenvalue weighted by Crippen LogP contribution is -2.29. The number of anilines is 1. The fourth-order valence-corrected chi connectivity index (χ4v) is 2.60. The smallest absolute Gasteiger partial charge is 0.321 e. The second-order valence-electron chi connectivity index (χ2n) is 5.18. The van der Waals surface area contributed by atoms with Crippen LogP contribution in [0.5, 0.6) is 0 Å². The Morgan fingerprint density at radius 1 is 1.24 bits per heavy atom. The molecule has 1 heterocycles. The number of hydrogen-bond acceptors (Lipinski definition) is 5. The molecule has 118 valence electrons. The number of carbonyl (C=O) groups is 2. The first kappa shape index (κ1) is 17.4. The molecular formula is C13H22N4O3S. The molecule has 0 aliphatic rings. The number of carboxylic acid groups (broad SMARTS) is 1. The fraction of sp³-hybridized carbons (Fsp3) is 0.692. The second-order valence-corrected chi connectivity index (χ2v) is 6.25. The fourth-order valence-electron chi connectivity index (χ4n) is 1.66. The van der Waals surface area contributed by atoms with Crippen molar-refractivity contribution < 1.29 is 14.7 Å². The Morgan fingerprint density at radius 3 is 2.67 bits per heavy atom. The summed E-state index contributed by atoms with van der Waals surface area (Å²) in [6.07, 6.45) is 3.20. The van der Waals surface area contributed by atoms with E-state index in [1.165, 1.54) is 11.3 Å². The molecule has 0 bridgehead atoms. The predicted molar refractivity (Wildman–Crippen MR) is 81.6 cm³/mol. The first-order chi connectivity index (χ1) is 9.97. The van der Waals surface area contributed by atoms with Crippen LogP contribution in [0.2, 0.25) is 0 Å². The van der Waals surface area contributed by atoms with Gasteiger partial charge in [-0.15, -0.1) is 10.2 Å². The van der Waals surface area contributed by atoms with Crippen molar-refractivity contribution in [3.8, 4) is 0 Å². The van der Waals surface area contributed by atoms with Crippen LogP contribution in [0, 0.1) is 5.92 Å². The highest BCUT2D eigenvalue weighted by Crippen LogP contribution is 2.17. The minimum atomic E-state index is -0.783. The van der Waals surface area contributed by atoms with Gasteiger partial charge >= 0.3 is 12.0 Å². The third-order valence-electron chi connectivity index (χ3n) is 2.62. The molecule has 1 rings (SSSR count). The topological polar surface area (TPSA) is 104 Å². The number of unbranched alkanes of at least 4 members (excludes halogenated alkanes) is 2. The van der Waals surface area contributed by atoms with Gasteiger partial charge in [0.05, 0.1) is 0 Å². The number of urea groups is 1. The molecule has 1 aromatic rings. The van der Waals surface area contributed by atoms with Crippen LogP contribution >= 0.6 is 11.3 Å². The zero-order valence-electron chi connectivity index (χ0n) is 12.4. The number of aliphatic carboxylic acids is 1. The Balaban J connectivity index is 2.15. The lowest BCUT2D eigenvalue weighted by atomic mass is 10.1. The third-order valence-corrected chi connectivity index (χ3v) is 3.48. The van der Waals surface area contributed by atoms with Gasteiger partial charge < -0.3 is 10.4 Å². The van der Waals surface area contributed by atoms with Crippen molar-refractivity contribution in [2.24, 2.45) is 5.92 Å². The van der Waals surface area contributed by atoms with Crippen molar-refractivity contribution in [2.75, 3.05) is 11.9 Å². The summed E-state index contributed by atoms with van der Waals surface area (Å²) in [5.74, 6) is -0.278. The molecule has 0 aliphatic carbocycles. The molecule has 1 aromatic heterocycles. The maximum absolute atomic E-state index is 11.6. The van der Waals surface area contributed by atoms with Gasteiger partial charge in [0.2, 0.25) is 5.13 Å². The summed E-state index contributed by atoms with van der Waals surface area (Å²) < 4.78 is 0. The van der Waals surface area contributed by atoms with Crippen molar-refractivity contribution in [1.29, 1.82) is 0 Å². The van der Waals surface area contributed by atoms with Crippen LogP contribution in [0.15, 0.2) is 0 Å². The monoisotopic (exact) mass is 314 g/mol. The maximum atomic E-state index is 11.6. The van der Waals surface area contributed by atoms with Crippen LogP contribution in [0.25, 0.3) is 0 Å². The predicted octanol–water partition coefficient (Wildman–Crippen LogP) is 2.50. The quantitative estimate of drug-likeness (QED) is 0.607.